The van der Waals surface area contributed by atoms with Crippen LogP contribution in [0.4, 0.5) is 0 Å². The van der Waals surface area contributed by atoms with Crippen LogP contribution in [0.1, 0.15) is 43.7 Å². The molecule has 0 aromatic heterocycles. The molecule has 2 aliphatic carbocycles. The molecule has 1 unspecified atom stereocenters. The van der Waals surface area contributed by atoms with Gasteiger partial charge >= 0.3 is 0 Å². The lowest BCUT2D eigenvalue weighted by atomic mass is 10.0. The Morgan fingerprint density at radius 3 is 2.10 bits per heavy atom. The molecular formula is C17H25ClN2. The van der Waals surface area contributed by atoms with Gasteiger partial charge in [-0.1, -0.05) is 23.7 Å². The van der Waals surface area contributed by atoms with Gasteiger partial charge in [-0.25, -0.2) is 0 Å². The van der Waals surface area contributed by atoms with Crippen LogP contribution in [0.25, 0.3) is 0 Å². The van der Waals surface area contributed by atoms with Crippen LogP contribution in [0.5, 0.6) is 0 Å². The molecule has 2 saturated carbocycles. The highest BCUT2D eigenvalue weighted by Gasteiger charge is 2.29. The van der Waals surface area contributed by atoms with E-state index >= 15 is 0 Å². The van der Waals surface area contributed by atoms with Crippen LogP contribution >= 0.6 is 11.6 Å². The molecule has 2 fully saturated rings. The van der Waals surface area contributed by atoms with E-state index < -0.39 is 0 Å². The lowest BCUT2D eigenvalue weighted by Crippen LogP contribution is -2.31. The van der Waals surface area contributed by atoms with Gasteiger partial charge in [0.2, 0.25) is 0 Å². The molecule has 1 aromatic rings. The molecule has 0 bridgehead atoms. The summed E-state index contributed by atoms with van der Waals surface area (Å²) in [5, 5.41) is 0.782. The molecule has 1 atom stereocenters. The summed E-state index contributed by atoms with van der Waals surface area (Å²) >= 11 is 5.92. The molecule has 0 radical (unpaired) electrons. The topological polar surface area (TPSA) is 29.3 Å². The predicted octanol–water partition coefficient (Wildman–Crippen LogP) is 3.85. The number of hydrogen-bond donors (Lipinski definition) is 1. The van der Waals surface area contributed by atoms with Gasteiger partial charge in [-0.2, -0.15) is 0 Å². The molecule has 3 heteroatoms. The van der Waals surface area contributed by atoms with Gasteiger partial charge in [0.15, 0.2) is 0 Å². The van der Waals surface area contributed by atoms with Crippen molar-refractivity contribution < 1.29 is 0 Å². The van der Waals surface area contributed by atoms with E-state index in [0.29, 0.717) is 0 Å². The summed E-state index contributed by atoms with van der Waals surface area (Å²) in [4.78, 5) is 2.66. The van der Waals surface area contributed by atoms with Gasteiger partial charge in [0.25, 0.3) is 0 Å². The Kier molecular flexibility index (Phi) is 4.65. The highest BCUT2D eigenvalue weighted by atomic mass is 35.5. The Morgan fingerprint density at radius 2 is 1.60 bits per heavy atom. The highest BCUT2D eigenvalue weighted by molar-refractivity contribution is 6.30. The smallest absolute Gasteiger partial charge is 0.0406 e. The fraction of sp³-hybridized carbons (Fsp3) is 0.647. The molecule has 2 nitrogen and oxygen atoms in total. The van der Waals surface area contributed by atoms with Crippen molar-refractivity contribution in [3.05, 3.63) is 34.9 Å². The molecule has 2 N–H and O–H groups in total. The average molecular weight is 293 g/mol. The lowest BCUT2D eigenvalue weighted by Gasteiger charge is -2.24. The fourth-order valence-corrected chi connectivity index (χ4v) is 2.91. The quantitative estimate of drug-likeness (QED) is 0.788. The van der Waals surface area contributed by atoms with Crippen LogP contribution in [0.2, 0.25) is 5.02 Å². The van der Waals surface area contributed by atoms with Crippen molar-refractivity contribution in [2.75, 3.05) is 19.6 Å². The third-order valence-electron chi connectivity index (χ3n) is 4.48. The van der Waals surface area contributed by atoms with E-state index in [1.807, 2.05) is 12.1 Å². The summed E-state index contributed by atoms with van der Waals surface area (Å²) < 4.78 is 0. The summed E-state index contributed by atoms with van der Waals surface area (Å²) in [7, 11) is 0. The minimum Gasteiger partial charge on any atom is -0.324 e. The first kappa shape index (κ1) is 14.4. The first-order chi connectivity index (χ1) is 9.70. The van der Waals surface area contributed by atoms with Gasteiger partial charge in [0.05, 0.1) is 0 Å². The Labute approximate surface area is 127 Å². The molecule has 110 valence electrons. The van der Waals surface area contributed by atoms with Crippen molar-refractivity contribution >= 4 is 11.6 Å². The summed E-state index contributed by atoms with van der Waals surface area (Å²) in [5.41, 5.74) is 7.52. The number of hydrogen-bond acceptors (Lipinski definition) is 2. The van der Waals surface area contributed by atoms with E-state index in [1.54, 1.807) is 0 Å². The summed E-state index contributed by atoms with van der Waals surface area (Å²) in [5.74, 6) is 1.95. The number of nitrogens with zero attached hydrogens (tertiary/aromatic N) is 1. The van der Waals surface area contributed by atoms with Crippen LogP contribution < -0.4 is 5.73 Å². The van der Waals surface area contributed by atoms with Crippen molar-refractivity contribution in [3.8, 4) is 0 Å². The second-order valence-electron chi connectivity index (χ2n) is 6.59. The monoisotopic (exact) mass is 292 g/mol. The van der Waals surface area contributed by atoms with Crippen LogP contribution in [-0.4, -0.2) is 24.5 Å². The summed E-state index contributed by atoms with van der Waals surface area (Å²) in [6.07, 6.45) is 6.78. The third-order valence-corrected chi connectivity index (χ3v) is 4.73. The molecule has 0 heterocycles. The zero-order valence-corrected chi connectivity index (χ0v) is 12.9. The lowest BCUT2D eigenvalue weighted by molar-refractivity contribution is 0.243. The number of nitrogens with two attached hydrogens (primary N) is 1. The SMILES string of the molecule is NC(CCN(CC1CC1)CC1CC1)c1ccc(Cl)cc1. The van der Waals surface area contributed by atoms with E-state index in [0.717, 1.165) is 29.8 Å². The second-order valence-corrected chi connectivity index (χ2v) is 7.03. The number of benzene rings is 1. The van der Waals surface area contributed by atoms with Crippen LogP contribution in [0, 0.1) is 11.8 Å². The predicted molar refractivity (Wildman–Crippen MR) is 84.9 cm³/mol. The van der Waals surface area contributed by atoms with Crippen molar-refractivity contribution in [1.29, 1.82) is 0 Å². The Balaban J connectivity index is 1.48. The molecule has 2 aliphatic rings. The van der Waals surface area contributed by atoms with E-state index in [4.69, 9.17) is 17.3 Å². The molecule has 0 aliphatic heterocycles. The summed E-state index contributed by atoms with van der Waals surface area (Å²) in [6.45, 7) is 3.73. The van der Waals surface area contributed by atoms with Crippen molar-refractivity contribution in [2.24, 2.45) is 17.6 Å². The minimum absolute atomic E-state index is 0.133. The van der Waals surface area contributed by atoms with E-state index in [-0.39, 0.29) is 6.04 Å². The van der Waals surface area contributed by atoms with E-state index in [1.165, 1.54) is 44.3 Å². The molecular weight excluding hydrogens is 268 g/mol. The van der Waals surface area contributed by atoms with Crippen molar-refractivity contribution in [1.82, 2.24) is 4.90 Å². The van der Waals surface area contributed by atoms with Gasteiger partial charge in [-0.05, 0) is 68.2 Å². The van der Waals surface area contributed by atoms with Gasteiger partial charge in [0, 0.05) is 24.2 Å². The largest absolute Gasteiger partial charge is 0.324 e. The number of rotatable bonds is 8. The maximum atomic E-state index is 6.32. The molecule has 1 aromatic carbocycles. The minimum atomic E-state index is 0.133. The average Bonchev–Trinajstić information content (AvgIpc) is 3.32. The van der Waals surface area contributed by atoms with Gasteiger partial charge < -0.3 is 10.6 Å². The van der Waals surface area contributed by atoms with E-state index in [9.17, 15) is 0 Å². The first-order valence-corrected chi connectivity index (χ1v) is 8.32. The maximum absolute atomic E-state index is 6.32. The standard InChI is InChI=1S/C17H25ClN2/c18-16-7-5-15(6-8-16)17(19)9-10-20(11-13-1-2-13)12-14-3-4-14/h5-8,13-14,17H,1-4,9-12,19H2. The first-order valence-electron chi connectivity index (χ1n) is 7.94. The van der Waals surface area contributed by atoms with Gasteiger partial charge in [0.1, 0.15) is 0 Å². The van der Waals surface area contributed by atoms with Gasteiger partial charge in [-0.15, -0.1) is 0 Å². The second kappa shape index (κ2) is 6.46. The Hall–Kier alpha value is -0.570. The highest BCUT2D eigenvalue weighted by Crippen LogP contribution is 2.34. The molecule has 0 amide bonds. The molecule has 20 heavy (non-hydrogen) atoms. The van der Waals surface area contributed by atoms with Crippen LogP contribution in [0.15, 0.2) is 24.3 Å². The van der Waals surface area contributed by atoms with Crippen molar-refractivity contribution in [3.63, 3.8) is 0 Å². The zero-order valence-electron chi connectivity index (χ0n) is 12.1. The third kappa shape index (κ3) is 4.47. The fourth-order valence-electron chi connectivity index (χ4n) is 2.79. The summed E-state index contributed by atoms with van der Waals surface area (Å²) in [6, 6.07) is 8.11. The Bertz CT molecular complexity index is 409. The molecule has 0 spiro atoms. The van der Waals surface area contributed by atoms with Crippen LogP contribution in [-0.2, 0) is 0 Å². The van der Waals surface area contributed by atoms with Gasteiger partial charge in [-0.3, -0.25) is 0 Å². The number of halogens is 1. The van der Waals surface area contributed by atoms with E-state index in [2.05, 4.69) is 17.0 Å². The molecule has 3 rings (SSSR count). The van der Waals surface area contributed by atoms with Crippen molar-refractivity contribution in [2.45, 2.75) is 38.1 Å². The normalized spacial score (nSPS) is 20.4. The maximum Gasteiger partial charge on any atom is 0.0406 e. The zero-order chi connectivity index (χ0) is 13.9. The molecule has 0 saturated heterocycles. The Morgan fingerprint density at radius 1 is 1.05 bits per heavy atom. The van der Waals surface area contributed by atoms with Crippen LogP contribution in [0.3, 0.4) is 0 Å².